The van der Waals surface area contributed by atoms with Gasteiger partial charge in [-0.05, 0) is 17.4 Å². The Kier molecular flexibility index (Phi) is 3.02. The van der Waals surface area contributed by atoms with Crippen LogP contribution in [0.2, 0.25) is 0 Å². The highest BCUT2D eigenvalue weighted by Gasteiger charge is 2.21. The van der Waals surface area contributed by atoms with Gasteiger partial charge >= 0.3 is 0 Å². The van der Waals surface area contributed by atoms with Crippen LogP contribution in [0.25, 0.3) is 0 Å². The summed E-state index contributed by atoms with van der Waals surface area (Å²) in [5.74, 6) is 3.39. The van der Waals surface area contributed by atoms with Crippen LogP contribution < -0.4 is 0 Å². The minimum atomic E-state index is 0.330. The third-order valence-corrected chi connectivity index (χ3v) is 3.56. The third-order valence-electron chi connectivity index (χ3n) is 2.62. The van der Waals surface area contributed by atoms with Crippen molar-refractivity contribution in [3.63, 3.8) is 0 Å². The summed E-state index contributed by atoms with van der Waals surface area (Å²) >= 11 is 2.02. The van der Waals surface area contributed by atoms with E-state index in [2.05, 4.69) is 27.3 Å². The van der Waals surface area contributed by atoms with E-state index in [0.717, 1.165) is 18.9 Å². The number of tetrazole rings is 1. The van der Waals surface area contributed by atoms with Gasteiger partial charge in [0.05, 0.1) is 6.04 Å². The molecule has 2 rings (SSSR count). The highest BCUT2D eigenvalue weighted by molar-refractivity contribution is 7.99. The van der Waals surface area contributed by atoms with Crippen molar-refractivity contribution < 1.29 is 0 Å². The van der Waals surface area contributed by atoms with Crippen molar-refractivity contribution in [2.45, 2.75) is 13.0 Å². The van der Waals surface area contributed by atoms with Gasteiger partial charge in [-0.25, -0.2) is 4.68 Å². The van der Waals surface area contributed by atoms with Crippen molar-refractivity contribution in [2.24, 2.45) is 7.05 Å². The van der Waals surface area contributed by atoms with Crippen molar-refractivity contribution in [3.8, 4) is 0 Å². The number of hydrogen-bond acceptors (Lipinski definition) is 5. The number of rotatable bonds is 2. The van der Waals surface area contributed by atoms with Crippen LogP contribution in [-0.4, -0.2) is 49.7 Å². The van der Waals surface area contributed by atoms with Crippen LogP contribution in [0.5, 0.6) is 0 Å². The molecule has 0 amide bonds. The van der Waals surface area contributed by atoms with E-state index >= 15 is 0 Å². The molecule has 1 aliphatic heterocycles. The zero-order chi connectivity index (χ0) is 9.97. The molecule has 14 heavy (non-hydrogen) atoms. The molecule has 0 saturated carbocycles. The van der Waals surface area contributed by atoms with E-state index in [1.807, 2.05) is 18.8 Å². The van der Waals surface area contributed by atoms with Gasteiger partial charge in [-0.2, -0.15) is 11.8 Å². The van der Waals surface area contributed by atoms with E-state index in [9.17, 15) is 0 Å². The van der Waals surface area contributed by atoms with Gasteiger partial charge in [-0.1, -0.05) is 0 Å². The first-order valence-corrected chi connectivity index (χ1v) is 5.98. The van der Waals surface area contributed by atoms with Crippen LogP contribution in [0.1, 0.15) is 18.8 Å². The highest BCUT2D eigenvalue weighted by Crippen LogP contribution is 2.20. The average molecular weight is 213 g/mol. The average Bonchev–Trinajstić information content (AvgIpc) is 2.65. The summed E-state index contributed by atoms with van der Waals surface area (Å²) in [7, 11) is 1.89. The molecular weight excluding hydrogens is 198 g/mol. The van der Waals surface area contributed by atoms with Crippen molar-refractivity contribution in [3.05, 3.63) is 5.82 Å². The SMILES string of the molecule is CC(c1nnnn1C)N1CCSCC1. The maximum Gasteiger partial charge on any atom is 0.167 e. The van der Waals surface area contributed by atoms with Gasteiger partial charge in [0.25, 0.3) is 0 Å². The van der Waals surface area contributed by atoms with Crippen LogP contribution >= 0.6 is 11.8 Å². The Morgan fingerprint density at radius 2 is 2.07 bits per heavy atom. The maximum absolute atomic E-state index is 4.04. The van der Waals surface area contributed by atoms with E-state index in [1.165, 1.54) is 11.5 Å². The fourth-order valence-electron chi connectivity index (χ4n) is 1.72. The molecule has 0 bridgehead atoms. The van der Waals surface area contributed by atoms with Gasteiger partial charge in [0, 0.05) is 31.6 Å². The third kappa shape index (κ3) is 1.90. The molecule has 1 aromatic rings. The maximum atomic E-state index is 4.04. The van der Waals surface area contributed by atoms with Gasteiger partial charge in [0.2, 0.25) is 0 Å². The summed E-state index contributed by atoms with van der Waals surface area (Å²) in [6.07, 6.45) is 0. The van der Waals surface area contributed by atoms with Gasteiger partial charge in [0.1, 0.15) is 0 Å². The van der Waals surface area contributed by atoms with Crippen molar-refractivity contribution in [2.75, 3.05) is 24.6 Å². The lowest BCUT2D eigenvalue weighted by molar-refractivity contribution is 0.220. The van der Waals surface area contributed by atoms with E-state index in [1.54, 1.807) is 4.68 Å². The van der Waals surface area contributed by atoms with Crippen LogP contribution in [0.15, 0.2) is 0 Å². The van der Waals surface area contributed by atoms with Crippen LogP contribution in [0.3, 0.4) is 0 Å². The molecule has 6 heteroatoms. The van der Waals surface area contributed by atoms with Crippen molar-refractivity contribution in [1.82, 2.24) is 25.1 Å². The van der Waals surface area contributed by atoms with Crippen LogP contribution in [0, 0.1) is 0 Å². The van der Waals surface area contributed by atoms with Gasteiger partial charge in [0.15, 0.2) is 5.82 Å². The van der Waals surface area contributed by atoms with Crippen LogP contribution in [-0.2, 0) is 7.05 Å². The second kappa shape index (κ2) is 4.27. The number of hydrogen-bond donors (Lipinski definition) is 0. The Hall–Kier alpha value is -0.620. The second-order valence-corrected chi connectivity index (χ2v) is 4.71. The molecule has 0 aliphatic carbocycles. The Bertz CT molecular complexity index is 294. The molecule has 0 spiro atoms. The first-order chi connectivity index (χ1) is 6.79. The predicted molar refractivity (Wildman–Crippen MR) is 56.1 cm³/mol. The smallest absolute Gasteiger partial charge is 0.167 e. The summed E-state index contributed by atoms with van der Waals surface area (Å²) in [6.45, 7) is 4.44. The number of aromatic nitrogens is 4. The lowest BCUT2D eigenvalue weighted by Gasteiger charge is -2.30. The van der Waals surface area contributed by atoms with Crippen LogP contribution in [0.4, 0.5) is 0 Å². The molecule has 0 N–H and O–H groups in total. The van der Waals surface area contributed by atoms with Gasteiger partial charge < -0.3 is 0 Å². The summed E-state index contributed by atoms with van der Waals surface area (Å²) < 4.78 is 1.76. The summed E-state index contributed by atoms with van der Waals surface area (Å²) in [4.78, 5) is 2.43. The van der Waals surface area contributed by atoms with Crippen molar-refractivity contribution >= 4 is 11.8 Å². The Balaban J connectivity index is 2.07. The molecule has 78 valence electrons. The summed E-state index contributed by atoms with van der Waals surface area (Å²) in [5, 5.41) is 11.6. The minimum absolute atomic E-state index is 0.330. The minimum Gasteiger partial charge on any atom is -0.292 e. The first-order valence-electron chi connectivity index (χ1n) is 4.83. The predicted octanol–water partition coefficient (Wildman–Crippen LogP) is 0.320. The normalized spacial score (nSPS) is 21.0. The lowest BCUT2D eigenvalue weighted by Crippen LogP contribution is -2.35. The van der Waals surface area contributed by atoms with Gasteiger partial charge in [-0.3, -0.25) is 4.90 Å². The molecule has 1 atom stereocenters. The highest BCUT2D eigenvalue weighted by atomic mass is 32.2. The number of nitrogens with zero attached hydrogens (tertiary/aromatic N) is 5. The molecule has 5 nitrogen and oxygen atoms in total. The van der Waals surface area contributed by atoms with E-state index in [0.29, 0.717) is 6.04 Å². The summed E-state index contributed by atoms with van der Waals surface area (Å²) in [6, 6.07) is 0.330. The Labute approximate surface area is 87.8 Å². The molecule has 1 unspecified atom stereocenters. The molecule has 1 saturated heterocycles. The quantitative estimate of drug-likeness (QED) is 0.708. The number of aryl methyl sites for hydroxylation is 1. The Morgan fingerprint density at radius 1 is 1.36 bits per heavy atom. The van der Waals surface area contributed by atoms with E-state index in [-0.39, 0.29) is 0 Å². The Morgan fingerprint density at radius 3 is 2.64 bits per heavy atom. The lowest BCUT2D eigenvalue weighted by atomic mass is 10.2. The fourth-order valence-corrected chi connectivity index (χ4v) is 2.65. The zero-order valence-corrected chi connectivity index (χ0v) is 9.37. The second-order valence-electron chi connectivity index (χ2n) is 3.49. The topological polar surface area (TPSA) is 46.8 Å². The molecule has 0 radical (unpaired) electrons. The monoisotopic (exact) mass is 213 g/mol. The number of thioether (sulfide) groups is 1. The first kappa shape index (κ1) is 9.92. The molecule has 0 aromatic carbocycles. The fraction of sp³-hybridized carbons (Fsp3) is 0.875. The largest absolute Gasteiger partial charge is 0.292 e. The standard InChI is InChI=1S/C8H15N5S/c1-7(8-9-10-11-12(8)2)13-3-5-14-6-4-13/h7H,3-6H2,1-2H3. The molecule has 2 heterocycles. The molecule has 1 aromatic heterocycles. The van der Waals surface area contributed by atoms with Gasteiger partial charge in [-0.15, -0.1) is 5.10 Å². The molecule has 1 fully saturated rings. The van der Waals surface area contributed by atoms with Crippen molar-refractivity contribution in [1.29, 1.82) is 0 Å². The van der Waals surface area contributed by atoms with E-state index < -0.39 is 0 Å². The summed E-state index contributed by atoms with van der Waals surface area (Å²) in [5.41, 5.74) is 0. The molecular formula is C8H15N5S. The molecule has 1 aliphatic rings. The zero-order valence-electron chi connectivity index (χ0n) is 8.55. The van der Waals surface area contributed by atoms with E-state index in [4.69, 9.17) is 0 Å².